The largest absolute Gasteiger partial charge is 0.274 e. The lowest BCUT2D eigenvalue weighted by Gasteiger charge is -2.10. The van der Waals surface area contributed by atoms with Crippen LogP contribution in [0.2, 0.25) is 0 Å². The molecule has 0 amide bonds. The Bertz CT molecular complexity index is 1060. The van der Waals surface area contributed by atoms with Crippen molar-refractivity contribution in [3.05, 3.63) is 77.1 Å². The summed E-state index contributed by atoms with van der Waals surface area (Å²) in [4.78, 5) is 12.3. The second-order valence-electron chi connectivity index (χ2n) is 5.35. The predicted octanol–water partition coefficient (Wildman–Crippen LogP) is 3.75. The number of hydrogen-bond donors (Lipinski definition) is 0. The van der Waals surface area contributed by atoms with Crippen LogP contribution in [0.15, 0.2) is 71.5 Å². The van der Waals surface area contributed by atoms with Crippen molar-refractivity contribution in [2.24, 2.45) is 7.05 Å². The summed E-state index contributed by atoms with van der Waals surface area (Å²) in [5.74, 6) is 0. The van der Waals surface area contributed by atoms with Crippen LogP contribution < -0.4 is 5.56 Å². The zero-order valence-electron chi connectivity index (χ0n) is 12.2. The molecule has 0 fully saturated rings. The van der Waals surface area contributed by atoms with Gasteiger partial charge < -0.3 is 0 Å². The molecule has 0 N–H and O–H groups in total. The van der Waals surface area contributed by atoms with Crippen LogP contribution in [0.5, 0.6) is 0 Å². The van der Waals surface area contributed by atoms with Gasteiger partial charge >= 0.3 is 0 Å². The van der Waals surface area contributed by atoms with E-state index in [4.69, 9.17) is 0 Å². The van der Waals surface area contributed by atoms with Crippen LogP contribution in [0.1, 0.15) is 0 Å². The van der Waals surface area contributed by atoms with Crippen LogP contribution in [-0.4, -0.2) is 9.78 Å². The molecule has 0 aliphatic heterocycles. The molecule has 0 bridgehead atoms. The van der Waals surface area contributed by atoms with Crippen LogP contribution in [0, 0.1) is 0 Å². The fraction of sp³-hybridized carbons (Fsp3) is 0.0526. The van der Waals surface area contributed by atoms with Crippen LogP contribution in [-0.2, 0) is 7.05 Å². The average Bonchev–Trinajstić information content (AvgIpc) is 2.58. The maximum absolute atomic E-state index is 12.3. The standard InChI is InChI=1S/C19H14N2O/c1-21-19(22)17-11-5-4-10-16(17)18(20-21)15-12-6-8-13-7-2-3-9-14(13)15/h2-12H,1H3. The number of nitrogens with zero attached hydrogens (tertiary/aromatic N) is 2. The van der Waals surface area contributed by atoms with Gasteiger partial charge in [0.05, 0.1) is 11.1 Å². The van der Waals surface area contributed by atoms with E-state index in [0.29, 0.717) is 5.39 Å². The summed E-state index contributed by atoms with van der Waals surface area (Å²) in [6.07, 6.45) is 0. The third-order valence-corrected chi connectivity index (χ3v) is 4.00. The molecule has 4 rings (SSSR count). The van der Waals surface area contributed by atoms with Crippen LogP contribution in [0.4, 0.5) is 0 Å². The average molecular weight is 286 g/mol. The van der Waals surface area contributed by atoms with E-state index in [2.05, 4.69) is 29.4 Å². The van der Waals surface area contributed by atoms with Gasteiger partial charge in [0, 0.05) is 18.0 Å². The highest BCUT2D eigenvalue weighted by Crippen LogP contribution is 2.30. The SMILES string of the molecule is Cn1nc(-c2cccc3ccccc23)c2ccccc2c1=O. The van der Waals surface area contributed by atoms with Crippen molar-refractivity contribution in [1.29, 1.82) is 0 Å². The molecule has 0 saturated heterocycles. The first-order valence-corrected chi connectivity index (χ1v) is 7.20. The molecule has 0 spiro atoms. The first kappa shape index (κ1) is 12.8. The Balaban J connectivity index is 2.18. The zero-order valence-corrected chi connectivity index (χ0v) is 12.2. The summed E-state index contributed by atoms with van der Waals surface area (Å²) >= 11 is 0. The van der Waals surface area contributed by atoms with Gasteiger partial charge in [-0.1, -0.05) is 60.7 Å². The molecule has 106 valence electrons. The van der Waals surface area contributed by atoms with Crippen molar-refractivity contribution < 1.29 is 0 Å². The highest BCUT2D eigenvalue weighted by molar-refractivity contribution is 6.03. The van der Waals surface area contributed by atoms with Gasteiger partial charge in [0.2, 0.25) is 0 Å². The van der Waals surface area contributed by atoms with Gasteiger partial charge in [-0.2, -0.15) is 5.10 Å². The monoisotopic (exact) mass is 286 g/mol. The summed E-state index contributed by atoms with van der Waals surface area (Å²) in [5.41, 5.74) is 1.82. The third kappa shape index (κ3) is 1.83. The van der Waals surface area contributed by atoms with E-state index in [1.807, 2.05) is 42.5 Å². The molecule has 0 atom stereocenters. The van der Waals surface area contributed by atoms with Gasteiger partial charge in [-0.3, -0.25) is 4.79 Å². The minimum absolute atomic E-state index is 0.0698. The summed E-state index contributed by atoms with van der Waals surface area (Å²) in [6.45, 7) is 0. The summed E-state index contributed by atoms with van der Waals surface area (Å²) < 4.78 is 1.42. The molecule has 0 aliphatic carbocycles. The number of benzene rings is 3. The molecule has 3 heteroatoms. The maximum atomic E-state index is 12.3. The van der Waals surface area contributed by atoms with Gasteiger partial charge in [-0.05, 0) is 16.8 Å². The molecular formula is C19H14N2O. The van der Waals surface area contributed by atoms with Crippen molar-refractivity contribution in [3.8, 4) is 11.3 Å². The van der Waals surface area contributed by atoms with E-state index in [0.717, 1.165) is 22.0 Å². The number of hydrogen-bond acceptors (Lipinski definition) is 2. The van der Waals surface area contributed by atoms with Gasteiger partial charge in [0.15, 0.2) is 0 Å². The van der Waals surface area contributed by atoms with E-state index >= 15 is 0 Å². The Labute approximate surface area is 127 Å². The summed E-state index contributed by atoms with van der Waals surface area (Å²) in [6, 6.07) is 22.0. The Hall–Kier alpha value is -2.94. The normalized spacial score (nSPS) is 11.1. The van der Waals surface area contributed by atoms with E-state index in [9.17, 15) is 4.79 Å². The van der Waals surface area contributed by atoms with E-state index < -0.39 is 0 Å². The number of fused-ring (bicyclic) bond motifs is 2. The fourth-order valence-electron chi connectivity index (χ4n) is 2.93. The minimum Gasteiger partial charge on any atom is -0.267 e. The zero-order chi connectivity index (χ0) is 15.1. The van der Waals surface area contributed by atoms with Crippen LogP contribution >= 0.6 is 0 Å². The lowest BCUT2D eigenvalue weighted by Crippen LogP contribution is -2.20. The number of rotatable bonds is 1. The first-order chi connectivity index (χ1) is 10.8. The summed E-state index contributed by atoms with van der Waals surface area (Å²) in [5, 5.41) is 8.42. The minimum atomic E-state index is -0.0698. The maximum Gasteiger partial charge on any atom is 0.274 e. The van der Waals surface area contributed by atoms with Crippen molar-refractivity contribution in [2.45, 2.75) is 0 Å². The van der Waals surface area contributed by atoms with Crippen molar-refractivity contribution in [1.82, 2.24) is 9.78 Å². The van der Waals surface area contributed by atoms with Crippen LogP contribution in [0.3, 0.4) is 0 Å². The Morgan fingerprint density at radius 1 is 0.773 bits per heavy atom. The molecule has 0 unspecified atom stereocenters. The van der Waals surface area contributed by atoms with E-state index in [1.54, 1.807) is 7.05 Å². The quantitative estimate of drug-likeness (QED) is 0.534. The molecule has 3 nitrogen and oxygen atoms in total. The fourth-order valence-corrected chi connectivity index (χ4v) is 2.93. The molecule has 0 aliphatic rings. The van der Waals surface area contributed by atoms with Crippen molar-refractivity contribution in [2.75, 3.05) is 0 Å². The van der Waals surface area contributed by atoms with Gasteiger partial charge in [0.1, 0.15) is 0 Å². The Morgan fingerprint density at radius 2 is 1.41 bits per heavy atom. The van der Waals surface area contributed by atoms with Crippen molar-refractivity contribution in [3.63, 3.8) is 0 Å². The van der Waals surface area contributed by atoms with E-state index in [1.165, 1.54) is 10.1 Å². The van der Waals surface area contributed by atoms with Crippen molar-refractivity contribution >= 4 is 21.5 Å². The molecule has 22 heavy (non-hydrogen) atoms. The molecule has 3 aromatic carbocycles. The Morgan fingerprint density at radius 3 is 2.23 bits per heavy atom. The van der Waals surface area contributed by atoms with Gasteiger partial charge in [0.25, 0.3) is 5.56 Å². The smallest absolute Gasteiger partial charge is 0.267 e. The molecule has 0 radical (unpaired) electrons. The first-order valence-electron chi connectivity index (χ1n) is 7.20. The van der Waals surface area contributed by atoms with Gasteiger partial charge in [-0.15, -0.1) is 0 Å². The highest BCUT2D eigenvalue weighted by atomic mass is 16.1. The topological polar surface area (TPSA) is 34.9 Å². The molecule has 1 heterocycles. The molecular weight excluding hydrogens is 272 g/mol. The summed E-state index contributed by atoms with van der Waals surface area (Å²) in [7, 11) is 1.70. The molecule has 4 aromatic rings. The van der Waals surface area contributed by atoms with Gasteiger partial charge in [-0.25, -0.2) is 4.68 Å². The Kier molecular flexibility index (Phi) is 2.79. The second kappa shape index (κ2) is 4.81. The van der Waals surface area contributed by atoms with E-state index in [-0.39, 0.29) is 5.56 Å². The number of aromatic nitrogens is 2. The van der Waals surface area contributed by atoms with Crippen LogP contribution in [0.25, 0.3) is 32.8 Å². The molecule has 0 saturated carbocycles. The lowest BCUT2D eigenvalue weighted by atomic mass is 9.99. The highest BCUT2D eigenvalue weighted by Gasteiger charge is 2.12. The lowest BCUT2D eigenvalue weighted by molar-refractivity contribution is 0.723. The molecule has 1 aromatic heterocycles. The predicted molar refractivity (Wildman–Crippen MR) is 89.9 cm³/mol. The number of aryl methyl sites for hydroxylation is 1. The second-order valence-corrected chi connectivity index (χ2v) is 5.35. The third-order valence-electron chi connectivity index (χ3n) is 4.00.